The van der Waals surface area contributed by atoms with E-state index in [-0.39, 0.29) is 10.8 Å². The molecule has 0 aromatic heterocycles. The number of carbonyl (C=O) groups excluding carboxylic acids is 1. The van der Waals surface area contributed by atoms with Crippen molar-refractivity contribution in [3.05, 3.63) is 35.9 Å². The van der Waals surface area contributed by atoms with E-state index < -0.39 is 0 Å². The number of rotatable bonds is 6. The van der Waals surface area contributed by atoms with E-state index in [9.17, 15) is 4.79 Å². The molecule has 7 fully saturated rings. The Hall–Kier alpha value is -0.860. The summed E-state index contributed by atoms with van der Waals surface area (Å²) in [5.41, 5.74) is 1.92. The Balaban J connectivity index is 1.33. The number of hydrogen-bond acceptors (Lipinski definition) is 2. The normalized spacial score (nSPS) is 46.3. The number of Topliss-reactive ketones (excluding diaryl/α,β-unsaturated/α-hetero) is 1. The molecule has 4 aliphatic carbocycles. The zero-order valence-electron chi connectivity index (χ0n) is 18.3. The van der Waals surface area contributed by atoms with Gasteiger partial charge in [0.1, 0.15) is 5.78 Å². The fourth-order valence-corrected chi connectivity index (χ4v) is 9.72. The molecule has 1 aromatic carbocycles. The second kappa shape index (κ2) is 7.07. The van der Waals surface area contributed by atoms with Gasteiger partial charge in [0.05, 0.1) is 0 Å². The third-order valence-electron chi connectivity index (χ3n) is 10.0. The summed E-state index contributed by atoms with van der Waals surface area (Å²) in [6, 6.07) is 11.2. The van der Waals surface area contributed by atoms with Crippen molar-refractivity contribution in [3.8, 4) is 0 Å². The van der Waals surface area contributed by atoms with Crippen LogP contribution in [0.2, 0.25) is 0 Å². The molecule has 1 aromatic rings. The Kier molecular flexibility index (Phi) is 4.67. The molecule has 6 bridgehead atoms. The average molecular weight is 426 g/mol. The molecule has 2 unspecified atom stereocenters. The van der Waals surface area contributed by atoms with Gasteiger partial charge in [-0.15, -0.1) is 11.6 Å². The van der Waals surface area contributed by atoms with Crippen LogP contribution in [0.5, 0.6) is 0 Å². The maximum Gasteiger partial charge on any atom is 0.139 e. The summed E-state index contributed by atoms with van der Waals surface area (Å²) in [5.74, 6) is 3.49. The summed E-state index contributed by atoms with van der Waals surface area (Å²) in [6.07, 6.45) is 11.8. The van der Waals surface area contributed by atoms with Crippen LogP contribution in [0, 0.1) is 28.6 Å². The van der Waals surface area contributed by atoms with E-state index in [1.165, 1.54) is 57.3 Å². The Morgan fingerprint density at radius 1 is 1.03 bits per heavy atom. The molecular formula is C27H36ClNO. The van der Waals surface area contributed by atoms with Crippen molar-refractivity contribution in [1.82, 2.24) is 4.90 Å². The molecule has 0 N–H and O–H groups in total. The molecule has 3 heteroatoms. The first-order chi connectivity index (χ1) is 14.5. The van der Waals surface area contributed by atoms with Crippen LogP contribution < -0.4 is 0 Å². The standard InChI is InChI=1S/C27H36ClNO/c28-9-8-25-13-20-14-26(17-25,23-4-2-1-3-5-23)19-27(15-20,18-25)24(30)12-22-16-29-10-6-21(22)7-11-29/h1-5,20-22H,6-19H2/t20?,22-,25-,26-,27?/m0/s1. The number of carbonyl (C=O) groups is 1. The number of fused-ring (bicyclic) bond motifs is 3. The highest BCUT2D eigenvalue weighted by Gasteiger charge is 2.65. The van der Waals surface area contributed by atoms with Crippen LogP contribution in [0.3, 0.4) is 0 Å². The van der Waals surface area contributed by atoms with Gasteiger partial charge in [-0.25, -0.2) is 0 Å². The van der Waals surface area contributed by atoms with Crippen LogP contribution >= 0.6 is 11.6 Å². The summed E-state index contributed by atoms with van der Waals surface area (Å²) in [6.45, 7) is 3.70. The summed E-state index contributed by atoms with van der Waals surface area (Å²) < 4.78 is 0. The van der Waals surface area contributed by atoms with Crippen molar-refractivity contribution in [2.45, 2.75) is 69.6 Å². The van der Waals surface area contributed by atoms with Crippen molar-refractivity contribution >= 4 is 17.4 Å². The second-order valence-electron chi connectivity index (χ2n) is 11.9. The third-order valence-corrected chi connectivity index (χ3v) is 10.2. The molecule has 2 nitrogen and oxygen atoms in total. The lowest BCUT2D eigenvalue weighted by Gasteiger charge is -2.67. The molecule has 8 rings (SSSR count). The van der Waals surface area contributed by atoms with Gasteiger partial charge in [-0.3, -0.25) is 4.79 Å². The molecule has 3 saturated heterocycles. The topological polar surface area (TPSA) is 20.3 Å². The van der Waals surface area contributed by atoms with Crippen molar-refractivity contribution < 1.29 is 4.79 Å². The van der Waals surface area contributed by atoms with Gasteiger partial charge in [-0.2, -0.15) is 0 Å². The first-order valence-corrected chi connectivity index (χ1v) is 12.9. The van der Waals surface area contributed by atoms with E-state index in [0.717, 1.165) is 43.9 Å². The lowest BCUT2D eigenvalue weighted by molar-refractivity contribution is -0.163. The zero-order valence-corrected chi connectivity index (χ0v) is 19.0. The predicted molar refractivity (Wildman–Crippen MR) is 122 cm³/mol. The fraction of sp³-hybridized carbons (Fsp3) is 0.741. The molecular weight excluding hydrogens is 390 g/mol. The fourth-order valence-electron chi connectivity index (χ4n) is 9.32. The Labute approximate surface area is 186 Å². The molecule has 3 aliphatic heterocycles. The highest BCUT2D eigenvalue weighted by Crippen LogP contribution is 2.71. The first-order valence-electron chi connectivity index (χ1n) is 12.4. The van der Waals surface area contributed by atoms with E-state index in [4.69, 9.17) is 11.6 Å². The Morgan fingerprint density at radius 3 is 2.53 bits per heavy atom. The van der Waals surface area contributed by atoms with E-state index in [1.807, 2.05) is 0 Å². The lowest BCUT2D eigenvalue weighted by Crippen LogP contribution is -2.61. The van der Waals surface area contributed by atoms with Gasteiger partial charge >= 0.3 is 0 Å². The molecule has 7 aliphatic rings. The monoisotopic (exact) mass is 425 g/mol. The molecule has 3 heterocycles. The minimum Gasteiger partial charge on any atom is -0.303 e. The maximum absolute atomic E-state index is 14.1. The predicted octanol–water partition coefficient (Wildman–Crippen LogP) is 5.82. The highest BCUT2D eigenvalue weighted by atomic mass is 35.5. The molecule has 0 radical (unpaired) electrons. The van der Waals surface area contributed by atoms with E-state index in [0.29, 0.717) is 23.0 Å². The first kappa shape index (κ1) is 19.8. The average Bonchev–Trinajstić information content (AvgIpc) is 2.74. The summed E-state index contributed by atoms with van der Waals surface area (Å²) in [4.78, 5) is 16.7. The van der Waals surface area contributed by atoms with Gasteiger partial charge in [0.2, 0.25) is 0 Å². The summed E-state index contributed by atoms with van der Waals surface area (Å²) in [5, 5.41) is 0. The van der Waals surface area contributed by atoms with Crippen LogP contribution in [-0.4, -0.2) is 36.2 Å². The van der Waals surface area contributed by atoms with E-state index in [2.05, 4.69) is 35.2 Å². The van der Waals surface area contributed by atoms with Crippen LogP contribution in [-0.2, 0) is 10.2 Å². The SMILES string of the molecule is O=C(C[C@H]1CN2CCC1CC2)C12CC3C[C@](CCCl)(C1)C[C@@](c1ccccc1)(C3)C2. The molecule has 0 amide bonds. The quantitative estimate of drug-likeness (QED) is 0.535. The van der Waals surface area contributed by atoms with Crippen LogP contribution in [0.1, 0.15) is 69.8 Å². The number of halogens is 1. The number of piperidine rings is 3. The largest absolute Gasteiger partial charge is 0.303 e. The van der Waals surface area contributed by atoms with Crippen molar-refractivity contribution in [2.75, 3.05) is 25.5 Å². The van der Waals surface area contributed by atoms with Gasteiger partial charge in [0.15, 0.2) is 0 Å². The minimum atomic E-state index is -0.0761. The number of hydrogen-bond donors (Lipinski definition) is 0. The van der Waals surface area contributed by atoms with E-state index in [1.54, 1.807) is 0 Å². The van der Waals surface area contributed by atoms with Gasteiger partial charge in [-0.05, 0) is 105 Å². The van der Waals surface area contributed by atoms with Crippen LogP contribution in [0.15, 0.2) is 30.3 Å². The third kappa shape index (κ3) is 3.04. The Bertz CT molecular complexity index is 817. The molecule has 4 saturated carbocycles. The van der Waals surface area contributed by atoms with Gasteiger partial charge in [0.25, 0.3) is 0 Å². The number of nitrogens with zero attached hydrogens (tertiary/aromatic N) is 1. The van der Waals surface area contributed by atoms with E-state index >= 15 is 0 Å². The Morgan fingerprint density at radius 2 is 1.83 bits per heavy atom. The molecule has 5 atom stereocenters. The zero-order chi connectivity index (χ0) is 20.4. The van der Waals surface area contributed by atoms with Crippen molar-refractivity contribution in [3.63, 3.8) is 0 Å². The molecule has 30 heavy (non-hydrogen) atoms. The van der Waals surface area contributed by atoms with Crippen molar-refractivity contribution in [2.24, 2.45) is 28.6 Å². The van der Waals surface area contributed by atoms with Crippen LogP contribution in [0.25, 0.3) is 0 Å². The van der Waals surface area contributed by atoms with Crippen LogP contribution in [0.4, 0.5) is 0 Å². The minimum absolute atomic E-state index is 0.0761. The number of alkyl halides is 1. The van der Waals surface area contributed by atoms with Gasteiger partial charge < -0.3 is 4.90 Å². The summed E-state index contributed by atoms with van der Waals surface area (Å²) in [7, 11) is 0. The smallest absolute Gasteiger partial charge is 0.139 e. The second-order valence-corrected chi connectivity index (χ2v) is 12.3. The van der Waals surface area contributed by atoms with Gasteiger partial charge in [-0.1, -0.05) is 30.3 Å². The molecule has 0 spiro atoms. The van der Waals surface area contributed by atoms with Crippen molar-refractivity contribution in [1.29, 1.82) is 0 Å². The number of benzene rings is 1. The summed E-state index contributed by atoms with van der Waals surface area (Å²) >= 11 is 6.36. The molecule has 162 valence electrons. The number of ketones is 1. The lowest BCUT2D eigenvalue weighted by atomic mass is 9.37. The van der Waals surface area contributed by atoms with Gasteiger partial charge in [0, 0.05) is 24.3 Å². The maximum atomic E-state index is 14.1. The highest BCUT2D eigenvalue weighted by molar-refractivity contribution is 6.17.